The van der Waals surface area contributed by atoms with Gasteiger partial charge >= 0.3 is 30.3 Å². The SMILES string of the molecule is O=S(=O)([O-])C(F)(F)C(F)CCCCCCC(F)(F)F.[Li+]. The molecule has 0 aromatic heterocycles. The normalized spacial score (nSPS) is 14.8. The molecule has 1 atom stereocenters. The first kappa shape index (κ1) is 22.4. The summed E-state index contributed by atoms with van der Waals surface area (Å²) in [5.41, 5.74) is 0. The average molecular weight is 322 g/mol. The summed E-state index contributed by atoms with van der Waals surface area (Å²) in [6.07, 6.45) is -9.67. The van der Waals surface area contributed by atoms with E-state index < -0.39 is 40.6 Å². The van der Waals surface area contributed by atoms with Crippen LogP contribution in [-0.2, 0) is 10.1 Å². The van der Waals surface area contributed by atoms with E-state index in [0.29, 0.717) is 0 Å². The largest absolute Gasteiger partial charge is 1.00 e. The average Bonchev–Trinajstić information content (AvgIpc) is 2.19. The summed E-state index contributed by atoms with van der Waals surface area (Å²) in [4.78, 5) is 0. The van der Waals surface area contributed by atoms with Gasteiger partial charge < -0.3 is 4.55 Å². The van der Waals surface area contributed by atoms with E-state index in [1.165, 1.54) is 0 Å². The zero-order valence-electron chi connectivity index (χ0n) is 10.7. The summed E-state index contributed by atoms with van der Waals surface area (Å²) >= 11 is 0. The second kappa shape index (κ2) is 8.51. The van der Waals surface area contributed by atoms with Crippen LogP contribution >= 0.6 is 0 Å². The third kappa shape index (κ3) is 8.39. The van der Waals surface area contributed by atoms with Crippen LogP contribution in [0.25, 0.3) is 0 Å². The molecule has 0 rings (SSSR count). The van der Waals surface area contributed by atoms with Gasteiger partial charge in [-0.15, -0.1) is 0 Å². The van der Waals surface area contributed by atoms with Crippen molar-refractivity contribution in [3.63, 3.8) is 0 Å². The molecule has 0 heterocycles. The van der Waals surface area contributed by atoms with Crippen LogP contribution in [0.3, 0.4) is 0 Å². The molecule has 0 radical (unpaired) electrons. The molecule has 0 N–H and O–H groups in total. The van der Waals surface area contributed by atoms with Gasteiger partial charge in [-0.1, -0.05) is 19.3 Å². The van der Waals surface area contributed by atoms with Gasteiger partial charge in [-0.05, 0) is 12.8 Å². The maximum Gasteiger partial charge on any atom is 1.00 e. The van der Waals surface area contributed by atoms with Gasteiger partial charge in [0.25, 0.3) is 0 Å². The number of rotatable bonds is 8. The van der Waals surface area contributed by atoms with E-state index in [4.69, 9.17) is 0 Å². The van der Waals surface area contributed by atoms with E-state index >= 15 is 0 Å². The second-order valence-electron chi connectivity index (χ2n) is 4.05. The summed E-state index contributed by atoms with van der Waals surface area (Å²) in [6, 6.07) is 0. The molecular formula is C9H13F6LiO3S. The van der Waals surface area contributed by atoms with Gasteiger partial charge in [-0.25, -0.2) is 12.8 Å². The van der Waals surface area contributed by atoms with Crippen LogP contribution in [0.2, 0.25) is 0 Å². The van der Waals surface area contributed by atoms with Gasteiger partial charge in [0.2, 0.25) is 0 Å². The summed E-state index contributed by atoms with van der Waals surface area (Å²) in [6.45, 7) is 0. The summed E-state index contributed by atoms with van der Waals surface area (Å²) in [5, 5.41) is -5.00. The van der Waals surface area contributed by atoms with Gasteiger partial charge in [0.05, 0.1) is 0 Å². The summed E-state index contributed by atoms with van der Waals surface area (Å²) in [7, 11) is -6.08. The van der Waals surface area contributed by atoms with E-state index in [-0.39, 0.29) is 44.5 Å². The predicted octanol–water partition coefficient (Wildman–Crippen LogP) is 0.369. The van der Waals surface area contributed by atoms with Crippen molar-refractivity contribution in [1.82, 2.24) is 0 Å². The zero-order valence-corrected chi connectivity index (χ0v) is 11.5. The van der Waals surface area contributed by atoms with Crippen LogP contribution in [0, 0.1) is 0 Å². The maximum absolute atomic E-state index is 12.9. The minimum Gasteiger partial charge on any atom is -0.743 e. The predicted molar refractivity (Wildman–Crippen MR) is 53.3 cm³/mol. The van der Waals surface area contributed by atoms with Crippen LogP contribution < -0.4 is 18.9 Å². The number of hydrogen-bond donors (Lipinski definition) is 0. The van der Waals surface area contributed by atoms with Crippen LogP contribution in [-0.4, -0.2) is 30.6 Å². The van der Waals surface area contributed by atoms with E-state index in [9.17, 15) is 39.3 Å². The third-order valence-electron chi connectivity index (χ3n) is 2.37. The van der Waals surface area contributed by atoms with Crippen molar-refractivity contribution in [2.75, 3.05) is 0 Å². The molecule has 0 saturated heterocycles. The van der Waals surface area contributed by atoms with Crippen molar-refractivity contribution in [2.45, 2.75) is 56.1 Å². The van der Waals surface area contributed by atoms with Crippen LogP contribution in [0.4, 0.5) is 26.3 Å². The Bertz CT molecular complexity index is 370. The molecule has 0 amide bonds. The molecule has 20 heavy (non-hydrogen) atoms. The summed E-state index contributed by atoms with van der Waals surface area (Å²) < 4.78 is 103. The molecule has 1 unspecified atom stereocenters. The Morgan fingerprint density at radius 3 is 1.80 bits per heavy atom. The monoisotopic (exact) mass is 322 g/mol. The Labute approximate surface area is 125 Å². The molecule has 116 valence electrons. The van der Waals surface area contributed by atoms with Crippen molar-refractivity contribution >= 4 is 10.1 Å². The molecule has 0 spiro atoms. The first-order valence-corrected chi connectivity index (χ1v) is 6.83. The van der Waals surface area contributed by atoms with E-state index in [0.717, 1.165) is 0 Å². The van der Waals surface area contributed by atoms with Crippen LogP contribution in [0.15, 0.2) is 0 Å². The van der Waals surface area contributed by atoms with Gasteiger partial charge in [0.15, 0.2) is 16.3 Å². The Hall–Kier alpha value is 0.0874. The number of halogens is 6. The number of alkyl halides is 6. The smallest absolute Gasteiger partial charge is 0.743 e. The Morgan fingerprint density at radius 2 is 1.40 bits per heavy atom. The fourth-order valence-corrected chi connectivity index (χ4v) is 1.76. The molecule has 11 heteroatoms. The molecule has 3 nitrogen and oxygen atoms in total. The Morgan fingerprint density at radius 1 is 0.950 bits per heavy atom. The Kier molecular flexibility index (Phi) is 9.52. The molecule has 0 fully saturated rings. The quantitative estimate of drug-likeness (QED) is 0.281. The molecule has 0 aromatic rings. The topological polar surface area (TPSA) is 57.2 Å². The third-order valence-corrected chi connectivity index (χ3v) is 3.29. The molecule has 0 bridgehead atoms. The van der Waals surface area contributed by atoms with Gasteiger partial charge in [0.1, 0.15) is 0 Å². The molecule has 0 aliphatic rings. The Balaban J connectivity index is 0. The number of unbranched alkanes of at least 4 members (excludes halogenated alkanes) is 3. The first-order chi connectivity index (χ1) is 8.38. The maximum atomic E-state index is 12.9. The minimum atomic E-state index is -6.08. The summed E-state index contributed by atoms with van der Waals surface area (Å²) in [5.74, 6) is 0. The van der Waals surface area contributed by atoms with Gasteiger partial charge in [-0.2, -0.15) is 22.0 Å². The van der Waals surface area contributed by atoms with Gasteiger partial charge in [0, 0.05) is 6.42 Å². The van der Waals surface area contributed by atoms with Crippen molar-refractivity contribution in [3.05, 3.63) is 0 Å². The molecule has 0 saturated carbocycles. The molecule has 0 aromatic carbocycles. The number of hydrogen-bond acceptors (Lipinski definition) is 3. The van der Waals surface area contributed by atoms with Crippen molar-refractivity contribution < 1.29 is 58.2 Å². The zero-order chi connectivity index (χ0) is 15.3. The van der Waals surface area contributed by atoms with Crippen LogP contribution in [0.1, 0.15) is 38.5 Å². The van der Waals surface area contributed by atoms with E-state index in [2.05, 4.69) is 0 Å². The van der Waals surface area contributed by atoms with E-state index in [1.54, 1.807) is 0 Å². The van der Waals surface area contributed by atoms with Crippen LogP contribution in [0.5, 0.6) is 0 Å². The molecule has 0 aliphatic heterocycles. The fourth-order valence-electron chi connectivity index (χ4n) is 1.33. The molecule has 0 aliphatic carbocycles. The fraction of sp³-hybridized carbons (Fsp3) is 1.00. The first-order valence-electron chi connectivity index (χ1n) is 5.42. The second-order valence-corrected chi connectivity index (χ2v) is 5.50. The van der Waals surface area contributed by atoms with Crippen molar-refractivity contribution in [2.24, 2.45) is 0 Å². The standard InChI is InChI=1S/C9H14F6O3S.Li/c10-7(9(14,15)19(16,17)18)5-3-1-2-4-6-8(11,12)13;/h7H,1-6H2,(H,16,17,18);/q;+1/p-1. The van der Waals surface area contributed by atoms with Crippen molar-refractivity contribution in [3.8, 4) is 0 Å². The van der Waals surface area contributed by atoms with Crippen molar-refractivity contribution in [1.29, 1.82) is 0 Å². The van der Waals surface area contributed by atoms with E-state index in [1.807, 2.05) is 0 Å². The minimum absolute atomic E-state index is 0. The van der Waals surface area contributed by atoms with Gasteiger partial charge in [-0.3, -0.25) is 0 Å². The molecular weight excluding hydrogens is 309 g/mol.